The van der Waals surface area contributed by atoms with Crippen molar-refractivity contribution >= 4 is 26.2 Å². The number of para-hydroxylation sites is 3. The Hall–Kier alpha value is -2.84. The van der Waals surface area contributed by atoms with E-state index >= 15 is 0 Å². The third-order valence-corrected chi connectivity index (χ3v) is 4.01. The molecule has 0 aliphatic heterocycles. The fraction of sp³-hybridized carbons (Fsp3) is 0.111. The number of benzene rings is 3. The molecular formula is C27H27BiO3. The molecule has 0 saturated heterocycles. The van der Waals surface area contributed by atoms with Crippen LogP contribution >= 0.6 is 0 Å². The largest absolute Gasteiger partial charge is 3.00 e. The van der Waals surface area contributed by atoms with E-state index in [1.54, 1.807) is 54.6 Å². The van der Waals surface area contributed by atoms with E-state index in [-0.39, 0.29) is 43.5 Å². The molecule has 0 heterocycles. The van der Waals surface area contributed by atoms with Gasteiger partial charge in [-0.1, -0.05) is 108 Å². The molecule has 3 aromatic carbocycles. The van der Waals surface area contributed by atoms with E-state index in [1.165, 1.54) is 0 Å². The molecule has 0 aliphatic rings. The van der Waals surface area contributed by atoms with Crippen molar-refractivity contribution in [3.8, 4) is 17.2 Å². The molecule has 0 bridgehead atoms. The van der Waals surface area contributed by atoms with Gasteiger partial charge >= 0.3 is 26.2 Å². The average molecular weight is 608 g/mol. The van der Waals surface area contributed by atoms with Crippen LogP contribution in [0.3, 0.4) is 0 Å². The first-order valence-electron chi connectivity index (χ1n) is 9.60. The van der Waals surface area contributed by atoms with Gasteiger partial charge in [0.05, 0.1) is 0 Å². The number of rotatable bonds is 6. The Bertz CT molecular complexity index is 813. The Kier molecular flexibility index (Phi) is 15.4. The van der Waals surface area contributed by atoms with Crippen molar-refractivity contribution in [2.24, 2.45) is 0 Å². The van der Waals surface area contributed by atoms with Gasteiger partial charge in [-0.05, 0) is 19.3 Å². The number of hydrogen-bond acceptors (Lipinski definition) is 3. The average Bonchev–Trinajstić information content (AvgIpc) is 2.75. The van der Waals surface area contributed by atoms with Crippen molar-refractivity contribution in [3.05, 3.63) is 127 Å². The summed E-state index contributed by atoms with van der Waals surface area (Å²) in [6, 6.07) is 21.0. The summed E-state index contributed by atoms with van der Waals surface area (Å²) < 4.78 is 0. The maximum absolute atomic E-state index is 11.0. The van der Waals surface area contributed by atoms with Gasteiger partial charge in [-0.2, -0.15) is 0 Å². The van der Waals surface area contributed by atoms with Gasteiger partial charge < -0.3 is 15.3 Å². The van der Waals surface area contributed by atoms with Gasteiger partial charge in [0.15, 0.2) is 0 Å². The van der Waals surface area contributed by atoms with Crippen molar-refractivity contribution in [2.45, 2.75) is 19.3 Å². The van der Waals surface area contributed by atoms with Crippen LogP contribution in [-0.2, 0) is 19.3 Å². The van der Waals surface area contributed by atoms with Crippen LogP contribution in [0.4, 0.5) is 0 Å². The summed E-state index contributed by atoms with van der Waals surface area (Å²) in [6.07, 6.45) is 7.20. The Balaban J connectivity index is 0.000000429. The zero-order chi connectivity index (χ0) is 22.2. The molecule has 0 atom stereocenters. The summed E-state index contributed by atoms with van der Waals surface area (Å²) in [4.78, 5) is 0. The fourth-order valence-electron chi connectivity index (χ4n) is 2.48. The zero-order valence-corrected chi connectivity index (χ0v) is 21.1. The van der Waals surface area contributed by atoms with E-state index in [0.717, 1.165) is 16.7 Å². The number of hydrogen-bond donors (Lipinski definition) is 0. The van der Waals surface area contributed by atoms with Gasteiger partial charge in [-0.25, -0.2) is 0 Å². The van der Waals surface area contributed by atoms with Crippen molar-refractivity contribution in [1.82, 2.24) is 0 Å². The first-order chi connectivity index (χ1) is 14.5. The molecule has 3 rings (SSSR count). The predicted molar refractivity (Wildman–Crippen MR) is 125 cm³/mol. The van der Waals surface area contributed by atoms with Crippen LogP contribution in [0.15, 0.2) is 111 Å². The Morgan fingerprint density at radius 3 is 0.903 bits per heavy atom. The van der Waals surface area contributed by atoms with Crippen molar-refractivity contribution in [2.75, 3.05) is 0 Å². The Morgan fingerprint density at radius 2 is 0.710 bits per heavy atom. The molecule has 0 fully saturated rings. The standard InChI is InChI=1S/3C9H10O.Bi/c3*1-2-5-8-6-3-4-7-9(8)10;/h3*2-4,6-7,10H,1,5H2;/q;;;+3/p-3. The second-order valence-electron chi connectivity index (χ2n) is 6.30. The van der Waals surface area contributed by atoms with E-state index in [0.29, 0.717) is 19.3 Å². The van der Waals surface area contributed by atoms with Crippen LogP contribution in [0.25, 0.3) is 0 Å². The zero-order valence-electron chi connectivity index (χ0n) is 17.6. The van der Waals surface area contributed by atoms with Gasteiger partial charge in [-0.15, -0.1) is 37.0 Å². The molecule has 31 heavy (non-hydrogen) atoms. The molecule has 158 valence electrons. The van der Waals surface area contributed by atoms with Crippen LogP contribution in [0.5, 0.6) is 17.2 Å². The van der Waals surface area contributed by atoms with Gasteiger partial charge in [0.2, 0.25) is 0 Å². The molecule has 0 amide bonds. The van der Waals surface area contributed by atoms with Crippen LogP contribution in [0.1, 0.15) is 16.7 Å². The van der Waals surface area contributed by atoms with E-state index in [2.05, 4.69) is 19.7 Å². The van der Waals surface area contributed by atoms with Gasteiger partial charge in [0, 0.05) is 0 Å². The first-order valence-corrected chi connectivity index (χ1v) is 9.60. The molecule has 0 aromatic heterocycles. The number of allylic oxidation sites excluding steroid dienone is 3. The van der Waals surface area contributed by atoms with Gasteiger partial charge in [0.1, 0.15) is 0 Å². The van der Waals surface area contributed by atoms with Gasteiger partial charge in [-0.3, -0.25) is 0 Å². The van der Waals surface area contributed by atoms with E-state index in [1.807, 2.05) is 36.4 Å². The molecule has 2 radical (unpaired) electrons. The second-order valence-corrected chi connectivity index (χ2v) is 6.30. The molecule has 0 aliphatic carbocycles. The molecule has 0 spiro atoms. The van der Waals surface area contributed by atoms with Crippen LogP contribution in [0.2, 0.25) is 0 Å². The van der Waals surface area contributed by atoms with Crippen LogP contribution in [0, 0.1) is 0 Å². The van der Waals surface area contributed by atoms with E-state index in [9.17, 15) is 15.3 Å². The second kappa shape index (κ2) is 16.9. The minimum absolute atomic E-state index is 0. The molecule has 4 heteroatoms. The van der Waals surface area contributed by atoms with E-state index in [4.69, 9.17) is 0 Å². The van der Waals surface area contributed by atoms with Gasteiger partial charge in [0.25, 0.3) is 0 Å². The molecule has 3 aromatic rings. The summed E-state index contributed by atoms with van der Waals surface area (Å²) in [5.41, 5.74) is 2.45. The molecule has 0 N–H and O–H groups in total. The van der Waals surface area contributed by atoms with Crippen molar-refractivity contribution in [1.29, 1.82) is 0 Å². The third kappa shape index (κ3) is 11.2. The summed E-state index contributed by atoms with van der Waals surface area (Å²) in [7, 11) is 0. The third-order valence-electron chi connectivity index (χ3n) is 4.01. The maximum Gasteiger partial charge on any atom is 3.00 e. The maximum atomic E-state index is 11.0. The summed E-state index contributed by atoms with van der Waals surface area (Å²) >= 11 is 0. The first kappa shape index (κ1) is 28.2. The van der Waals surface area contributed by atoms with Crippen LogP contribution in [-0.4, -0.2) is 26.2 Å². The Labute approximate surface area is 204 Å². The monoisotopic (exact) mass is 608 g/mol. The SMILES string of the molecule is C=CCc1ccccc1[O-].C=CCc1ccccc1[O-].C=CCc1ccccc1[O-].[Bi+3]. The van der Waals surface area contributed by atoms with E-state index < -0.39 is 0 Å². The van der Waals surface area contributed by atoms with Crippen molar-refractivity contribution < 1.29 is 15.3 Å². The smallest absolute Gasteiger partial charge is 0.872 e. The summed E-state index contributed by atoms with van der Waals surface area (Å²) in [5, 5.41) is 32.9. The normalized spacial score (nSPS) is 8.90. The minimum atomic E-state index is 0. The van der Waals surface area contributed by atoms with Crippen molar-refractivity contribution in [3.63, 3.8) is 0 Å². The molecular weight excluding hydrogens is 581 g/mol. The minimum Gasteiger partial charge on any atom is -0.872 e. The topological polar surface area (TPSA) is 69.2 Å². The Morgan fingerprint density at radius 1 is 0.484 bits per heavy atom. The fourth-order valence-corrected chi connectivity index (χ4v) is 2.48. The quantitative estimate of drug-likeness (QED) is 0.313. The predicted octanol–water partition coefficient (Wildman–Crippen LogP) is 4.09. The van der Waals surface area contributed by atoms with Crippen LogP contribution < -0.4 is 15.3 Å². The summed E-state index contributed by atoms with van der Waals surface area (Å²) in [6.45, 7) is 10.7. The molecule has 0 saturated carbocycles. The molecule has 3 nitrogen and oxygen atoms in total. The summed E-state index contributed by atoms with van der Waals surface area (Å²) in [5.74, 6) is 0.298. The molecule has 0 unspecified atom stereocenters.